The van der Waals surface area contributed by atoms with Gasteiger partial charge in [-0.25, -0.2) is 0 Å². The van der Waals surface area contributed by atoms with Crippen molar-refractivity contribution in [2.45, 2.75) is 25.4 Å². The van der Waals surface area contributed by atoms with Gasteiger partial charge in [-0.2, -0.15) is 0 Å². The Bertz CT molecular complexity index is 540. The maximum atomic E-state index is 9.41. The van der Waals surface area contributed by atoms with E-state index in [0.29, 0.717) is 18.2 Å². The molecule has 0 aliphatic carbocycles. The third kappa shape index (κ3) is 2.77. The van der Waals surface area contributed by atoms with E-state index in [1.165, 1.54) is 0 Å². The molecular weight excluding hydrogens is 266 g/mol. The number of para-hydroxylation sites is 1. The minimum Gasteiger partial charge on any atom is -0.444 e. The summed E-state index contributed by atoms with van der Waals surface area (Å²) >= 11 is 6.09. The Balaban J connectivity index is 2.24. The van der Waals surface area contributed by atoms with Crippen molar-refractivity contribution in [3.63, 3.8) is 0 Å². The molecule has 0 bridgehead atoms. The molecule has 0 aliphatic rings. The zero-order valence-electron chi connectivity index (χ0n) is 10.8. The smallest absolute Gasteiger partial charge is 0.199 e. The fourth-order valence-electron chi connectivity index (χ4n) is 2.02. The minimum absolute atomic E-state index is 0.132. The van der Waals surface area contributed by atoms with Crippen LogP contribution >= 0.6 is 11.6 Å². The monoisotopic (exact) mass is 283 g/mol. The number of aliphatic hydroxyl groups is 2. The molecule has 3 N–H and O–H groups in total. The molecule has 0 saturated carbocycles. The summed E-state index contributed by atoms with van der Waals surface area (Å²) < 4.78 is 5.47. The molecule has 0 atom stereocenters. The average molecular weight is 284 g/mol. The Morgan fingerprint density at radius 2 is 1.95 bits per heavy atom. The van der Waals surface area contributed by atoms with Gasteiger partial charge < -0.3 is 19.9 Å². The van der Waals surface area contributed by atoms with Gasteiger partial charge in [-0.15, -0.1) is 0 Å². The highest BCUT2D eigenvalue weighted by atomic mass is 35.5. The Morgan fingerprint density at radius 1 is 1.26 bits per heavy atom. The van der Waals surface area contributed by atoms with Crippen molar-refractivity contribution in [1.29, 1.82) is 0 Å². The molecule has 104 valence electrons. The van der Waals surface area contributed by atoms with Crippen LogP contribution in [0.2, 0.25) is 5.22 Å². The molecule has 0 radical (unpaired) electrons. The number of hydrogen-bond acceptors (Lipinski definition) is 4. The van der Waals surface area contributed by atoms with Crippen LogP contribution in [0.15, 0.2) is 28.7 Å². The Hall–Kier alpha value is -1.07. The molecule has 0 spiro atoms. The number of hydrogen-bond donors (Lipinski definition) is 3. The summed E-state index contributed by atoms with van der Waals surface area (Å²) in [5.41, 5.74) is 0.887. The van der Waals surface area contributed by atoms with E-state index in [9.17, 15) is 10.2 Å². The van der Waals surface area contributed by atoms with Crippen LogP contribution in [0, 0.1) is 0 Å². The van der Waals surface area contributed by atoms with Crippen molar-refractivity contribution in [3.8, 4) is 0 Å². The second-order valence-electron chi connectivity index (χ2n) is 4.65. The molecule has 1 heterocycles. The molecular formula is C14H18ClNO3. The van der Waals surface area contributed by atoms with Crippen molar-refractivity contribution >= 4 is 22.6 Å². The van der Waals surface area contributed by atoms with E-state index in [2.05, 4.69) is 5.32 Å². The lowest BCUT2D eigenvalue weighted by Crippen LogP contribution is -2.50. The molecule has 19 heavy (non-hydrogen) atoms. The fraction of sp³-hybridized carbons (Fsp3) is 0.429. The summed E-state index contributed by atoms with van der Waals surface area (Å²) in [7, 11) is 0. The second-order valence-corrected chi connectivity index (χ2v) is 5.00. The van der Waals surface area contributed by atoms with Crippen LogP contribution in [0.4, 0.5) is 0 Å². The van der Waals surface area contributed by atoms with Crippen molar-refractivity contribution in [1.82, 2.24) is 5.32 Å². The predicted octanol–water partition coefficient (Wildman–Crippen LogP) is 2.31. The summed E-state index contributed by atoms with van der Waals surface area (Å²) in [5, 5.41) is 23.3. The number of halogens is 1. The van der Waals surface area contributed by atoms with Gasteiger partial charge in [-0.1, -0.05) is 25.1 Å². The van der Waals surface area contributed by atoms with Gasteiger partial charge in [0.1, 0.15) is 5.58 Å². The van der Waals surface area contributed by atoms with Crippen LogP contribution < -0.4 is 5.32 Å². The average Bonchev–Trinajstić information content (AvgIpc) is 2.77. The number of nitrogens with one attached hydrogen (secondary N) is 1. The molecule has 5 heteroatoms. The fourth-order valence-corrected chi connectivity index (χ4v) is 2.27. The number of rotatable bonds is 6. The van der Waals surface area contributed by atoms with Crippen molar-refractivity contribution in [2.24, 2.45) is 0 Å². The van der Waals surface area contributed by atoms with E-state index in [4.69, 9.17) is 16.0 Å². The number of fused-ring (bicyclic) bond motifs is 1. The van der Waals surface area contributed by atoms with Crippen LogP contribution in [0.1, 0.15) is 18.9 Å². The molecule has 2 rings (SSSR count). The zero-order chi connectivity index (χ0) is 13.9. The van der Waals surface area contributed by atoms with Crippen LogP contribution in [-0.2, 0) is 6.54 Å². The lowest BCUT2D eigenvalue weighted by atomic mass is 9.98. The first-order chi connectivity index (χ1) is 9.15. The molecule has 0 fully saturated rings. The Morgan fingerprint density at radius 3 is 2.58 bits per heavy atom. The van der Waals surface area contributed by atoms with E-state index >= 15 is 0 Å². The summed E-state index contributed by atoms with van der Waals surface area (Å²) in [6, 6.07) is 7.60. The maximum Gasteiger partial charge on any atom is 0.199 e. The minimum atomic E-state index is -0.693. The van der Waals surface area contributed by atoms with E-state index in [1.807, 2.05) is 31.2 Å². The Kier molecular flexibility index (Phi) is 4.47. The van der Waals surface area contributed by atoms with E-state index in [1.54, 1.807) is 0 Å². The Labute approximate surface area is 117 Å². The first-order valence-electron chi connectivity index (χ1n) is 6.28. The third-order valence-electron chi connectivity index (χ3n) is 3.57. The molecule has 1 aromatic heterocycles. The van der Waals surface area contributed by atoms with Gasteiger partial charge in [0.25, 0.3) is 0 Å². The SMILES string of the molecule is CCC(CO)(CO)NCc1c(Cl)oc2ccccc12. The highest BCUT2D eigenvalue weighted by Gasteiger charge is 2.26. The van der Waals surface area contributed by atoms with Gasteiger partial charge in [0.2, 0.25) is 0 Å². The normalized spacial score (nSPS) is 12.2. The summed E-state index contributed by atoms with van der Waals surface area (Å²) in [5.74, 6) is 0. The van der Waals surface area contributed by atoms with Crippen molar-refractivity contribution in [3.05, 3.63) is 35.0 Å². The number of aliphatic hydroxyl groups excluding tert-OH is 2. The largest absolute Gasteiger partial charge is 0.444 e. The highest BCUT2D eigenvalue weighted by Crippen LogP contribution is 2.29. The molecule has 1 aromatic carbocycles. The van der Waals surface area contributed by atoms with Crippen LogP contribution in [0.3, 0.4) is 0 Å². The molecule has 0 amide bonds. The van der Waals surface area contributed by atoms with Gasteiger partial charge in [-0.05, 0) is 24.1 Å². The lowest BCUT2D eigenvalue weighted by Gasteiger charge is -2.29. The van der Waals surface area contributed by atoms with Gasteiger partial charge in [0.05, 0.1) is 18.8 Å². The summed E-state index contributed by atoms with van der Waals surface area (Å²) in [4.78, 5) is 0. The highest BCUT2D eigenvalue weighted by molar-refractivity contribution is 6.30. The van der Waals surface area contributed by atoms with Gasteiger partial charge in [0.15, 0.2) is 5.22 Å². The van der Waals surface area contributed by atoms with Crippen LogP contribution in [0.25, 0.3) is 11.0 Å². The number of benzene rings is 1. The first-order valence-corrected chi connectivity index (χ1v) is 6.66. The zero-order valence-corrected chi connectivity index (χ0v) is 11.6. The lowest BCUT2D eigenvalue weighted by molar-refractivity contribution is 0.0864. The van der Waals surface area contributed by atoms with E-state index in [0.717, 1.165) is 16.5 Å². The molecule has 0 saturated heterocycles. The van der Waals surface area contributed by atoms with E-state index in [-0.39, 0.29) is 13.2 Å². The maximum absolute atomic E-state index is 9.41. The standard InChI is InChI=1S/C14H18ClNO3/c1-2-14(8-17,9-18)16-7-11-10-5-3-4-6-12(10)19-13(11)15/h3-6,16-18H,2,7-9H2,1H3. The predicted molar refractivity (Wildman–Crippen MR) is 75.3 cm³/mol. The summed E-state index contributed by atoms with van der Waals surface area (Å²) in [6.45, 7) is 2.08. The van der Waals surface area contributed by atoms with Crippen molar-refractivity contribution in [2.75, 3.05) is 13.2 Å². The second kappa shape index (κ2) is 5.92. The van der Waals surface area contributed by atoms with Crippen molar-refractivity contribution < 1.29 is 14.6 Å². The third-order valence-corrected chi connectivity index (χ3v) is 3.88. The topological polar surface area (TPSA) is 65.6 Å². The van der Waals surface area contributed by atoms with E-state index < -0.39 is 5.54 Å². The molecule has 0 aliphatic heterocycles. The summed E-state index contributed by atoms with van der Waals surface area (Å²) in [6.07, 6.45) is 0.618. The van der Waals surface area contributed by atoms with Gasteiger partial charge in [0, 0.05) is 17.5 Å². The van der Waals surface area contributed by atoms with Crippen LogP contribution in [-0.4, -0.2) is 29.0 Å². The quantitative estimate of drug-likeness (QED) is 0.761. The van der Waals surface area contributed by atoms with Gasteiger partial charge in [-0.3, -0.25) is 0 Å². The molecule has 2 aromatic rings. The molecule has 0 unspecified atom stereocenters. The first kappa shape index (κ1) is 14.3. The molecule has 4 nitrogen and oxygen atoms in total. The number of furan rings is 1. The van der Waals surface area contributed by atoms with Crippen LogP contribution in [0.5, 0.6) is 0 Å². The van der Waals surface area contributed by atoms with Gasteiger partial charge >= 0.3 is 0 Å².